The van der Waals surface area contributed by atoms with Crippen molar-refractivity contribution in [1.29, 1.82) is 0 Å². The minimum Gasteiger partial charge on any atom is -0.460 e. The van der Waals surface area contributed by atoms with Crippen LogP contribution in [0, 0.1) is 0 Å². The molecule has 1 aliphatic heterocycles. The number of ether oxygens (including phenoxy) is 2. The van der Waals surface area contributed by atoms with Crippen molar-refractivity contribution >= 4 is 12.3 Å². The third kappa shape index (κ3) is 7.85. The summed E-state index contributed by atoms with van der Waals surface area (Å²) in [5.74, 6) is -0.693. The van der Waals surface area contributed by atoms with Crippen molar-refractivity contribution < 1.29 is 32.2 Å². The van der Waals surface area contributed by atoms with Gasteiger partial charge in [0.05, 0.1) is 0 Å². The minimum atomic E-state index is -4.74. The number of hydrogen-bond donors (Lipinski definition) is 1. The molecular formula is C19H24F3N2O4. The second kappa shape index (κ2) is 11.0. The topological polar surface area (TPSA) is 67.9 Å². The molecule has 0 amide bonds. The van der Waals surface area contributed by atoms with E-state index in [-0.39, 0.29) is 18.3 Å². The summed E-state index contributed by atoms with van der Waals surface area (Å²) in [4.78, 5) is 24.7. The van der Waals surface area contributed by atoms with Gasteiger partial charge in [-0.25, -0.2) is 0 Å². The Balaban J connectivity index is 1.80. The van der Waals surface area contributed by atoms with Gasteiger partial charge in [-0.3, -0.25) is 14.5 Å². The van der Waals surface area contributed by atoms with Gasteiger partial charge in [-0.15, -0.1) is 13.2 Å². The van der Waals surface area contributed by atoms with Crippen LogP contribution < -0.4 is 10.1 Å². The third-order valence-electron chi connectivity index (χ3n) is 4.39. The number of hydrogen-bond acceptors (Lipinski definition) is 6. The number of esters is 1. The summed E-state index contributed by atoms with van der Waals surface area (Å²) >= 11 is 0. The first kappa shape index (κ1) is 22.2. The van der Waals surface area contributed by atoms with Gasteiger partial charge in [0, 0.05) is 26.1 Å². The molecule has 1 N–H and O–H groups in total. The van der Waals surface area contributed by atoms with Crippen molar-refractivity contribution in [2.45, 2.75) is 44.7 Å². The maximum atomic E-state index is 12.4. The summed E-state index contributed by atoms with van der Waals surface area (Å²) in [6, 6.07) is 4.81. The predicted molar refractivity (Wildman–Crippen MR) is 95.3 cm³/mol. The molecule has 1 aromatic rings. The Labute approximate surface area is 162 Å². The van der Waals surface area contributed by atoms with E-state index in [1.54, 1.807) is 0 Å². The Morgan fingerprint density at radius 1 is 1.21 bits per heavy atom. The first-order valence-electron chi connectivity index (χ1n) is 9.20. The molecule has 1 fully saturated rings. The van der Waals surface area contributed by atoms with E-state index in [2.05, 4.69) is 15.0 Å². The van der Waals surface area contributed by atoms with Gasteiger partial charge in [0.25, 0.3) is 0 Å². The molecule has 0 saturated carbocycles. The van der Waals surface area contributed by atoms with E-state index < -0.39 is 12.4 Å². The summed E-state index contributed by atoms with van der Waals surface area (Å²) in [5.41, 5.74) is 0.573. The number of carbonyl (C=O) groups excluding carboxylic acids is 2. The predicted octanol–water partition coefficient (Wildman–Crippen LogP) is 2.57. The van der Waals surface area contributed by atoms with Crippen LogP contribution in [0.15, 0.2) is 24.3 Å². The highest BCUT2D eigenvalue weighted by Gasteiger charge is 2.31. The SMILES string of the molecule is O=[C]CCCCCN1CCNCC1C(=O)OCc1ccc(OC(F)(F)F)cc1. The van der Waals surface area contributed by atoms with Crippen LogP contribution in [0.1, 0.15) is 31.2 Å². The molecule has 1 heterocycles. The number of benzene rings is 1. The largest absolute Gasteiger partial charge is 0.573 e. The summed E-state index contributed by atoms with van der Waals surface area (Å²) in [7, 11) is 0. The Morgan fingerprint density at radius 2 is 1.96 bits per heavy atom. The van der Waals surface area contributed by atoms with Crippen LogP contribution in [0.4, 0.5) is 13.2 Å². The normalized spacial score (nSPS) is 17.9. The van der Waals surface area contributed by atoms with Crippen molar-refractivity contribution in [1.82, 2.24) is 10.2 Å². The van der Waals surface area contributed by atoms with Gasteiger partial charge in [0.2, 0.25) is 0 Å². The number of carbonyl (C=O) groups is 1. The van der Waals surface area contributed by atoms with Crippen LogP contribution in [0.25, 0.3) is 0 Å². The lowest BCUT2D eigenvalue weighted by molar-refractivity contribution is -0.274. The van der Waals surface area contributed by atoms with Gasteiger partial charge < -0.3 is 14.8 Å². The quantitative estimate of drug-likeness (QED) is 0.480. The average molecular weight is 401 g/mol. The molecule has 28 heavy (non-hydrogen) atoms. The van der Waals surface area contributed by atoms with E-state index >= 15 is 0 Å². The molecule has 1 unspecified atom stereocenters. The zero-order chi connectivity index (χ0) is 20.4. The molecule has 0 bridgehead atoms. The lowest BCUT2D eigenvalue weighted by Gasteiger charge is -2.34. The smallest absolute Gasteiger partial charge is 0.460 e. The molecule has 155 valence electrons. The van der Waals surface area contributed by atoms with E-state index in [1.165, 1.54) is 24.3 Å². The van der Waals surface area contributed by atoms with E-state index in [9.17, 15) is 22.8 Å². The van der Waals surface area contributed by atoms with E-state index in [1.807, 2.05) is 6.29 Å². The van der Waals surface area contributed by atoms with Gasteiger partial charge in [-0.05, 0) is 37.1 Å². The van der Waals surface area contributed by atoms with Crippen molar-refractivity contribution in [2.24, 2.45) is 0 Å². The maximum absolute atomic E-state index is 12.4. The summed E-state index contributed by atoms with van der Waals surface area (Å²) in [5, 5.41) is 3.17. The van der Waals surface area contributed by atoms with Crippen molar-refractivity contribution in [2.75, 3.05) is 26.2 Å². The zero-order valence-electron chi connectivity index (χ0n) is 15.5. The number of piperazine rings is 1. The van der Waals surface area contributed by atoms with Gasteiger partial charge in [0.1, 0.15) is 18.4 Å². The molecule has 9 heteroatoms. The summed E-state index contributed by atoms with van der Waals surface area (Å²) in [6.45, 7) is 2.71. The second-order valence-electron chi connectivity index (χ2n) is 6.51. The van der Waals surface area contributed by atoms with Gasteiger partial charge in [0.15, 0.2) is 6.29 Å². The molecule has 0 aromatic heterocycles. The monoisotopic (exact) mass is 401 g/mol. The second-order valence-corrected chi connectivity index (χ2v) is 6.51. The average Bonchev–Trinajstić information content (AvgIpc) is 2.66. The molecule has 1 saturated heterocycles. The van der Waals surface area contributed by atoms with Crippen LogP contribution >= 0.6 is 0 Å². The minimum absolute atomic E-state index is 0.0232. The van der Waals surface area contributed by atoms with E-state index in [0.29, 0.717) is 18.5 Å². The highest BCUT2D eigenvalue weighted by molar-refractivity contribution is 5.76. The number of halogens is 3. The fourth-order valence-corrected chi connectivity index (χ4v) is 2.97. The van der Waals surface area contributed by atoms with Crippen LogP contribution in [0.5, 0.6) is 5.75 Å². The molecule has 1 radical (unpaired) electrons. The third-order valence-corrected chi connectivity index (χ3v) is 4.39. The molecular weight excluding hydrogens is 377 g/mol. The Hall–Kier alpha value is -2.13. The fourth-order valence-electron chi connectivity index (χ4n) is 2.97. The highest BCUT2D eigenvalue weighted by atomic mass is 19.4. The molecule has 1 aliphatic rings. The van der Waals surface area contributed by atoms with E-state index in [4.69, 9.17) is 4.74 Å². The van der Waals surface area contributed by atoms with Crippen molar-refractivity contribution in [3.05, 3.63) is 29.8 Å². The zero-order valence-corrected chi connectivity index (χ0v) is 15.5. The number of alkyl halides is 3. The first-order chi connectivity index (χ1) is 13.4. The number of nitrogens with zero attached hydrogens (tertiary/aromatic N) is 1. The molecule has 0 spiro atoms. The maximum Gasteiger partial charge on any atom is 0.573 e. The standard InChI is InChI=1S/C19H24F3N2O4/c20-19(21,22)28-16-7-5-15(6-8-16)14-27-18(26)17-13-23-9-11-24(17)10-3-1-2-4-12-25/h5-8,17,23H,1-4,9-11,13-14H2. The molecule has 6 nitrogen and oxygen atoms in total. The Bertz CT molecular complexity index is 623. The number of unbranched alkanes of at least 4 members (excludes halogenated alkanes) is 3. The lowest BCUT2D eigenvalue weighted by Crippen LogP contribution is -2.55. The molecule has 0 aliphatic carbocycles. The van der Waals surface area contributed by atoms with Crippen LogP contribution in [-0.4, -0.2) is 55.7 Å². The first-order valence-corrected chi connectivity index (χ1v) is 9.20. The molecule has 1 aromatic carbocycles. The summed E-state index contributed by atoms with van der Waals surface area (Å²) in [6.07, 6.45) is 0.128. The van der Waals surface area contributed by atoms with Crippen LogP contribution in [0.2, 0.25) is 0 Å². The van der Waals surface area contributed by atoms with Crippen LogP contribution in [0.3, 0.4) is 0 Å². The Kier molecular flexibility index (Phi) is 8.72. The highest BCUT2D eigenvalue weighted by Crippen LogP contribution is 2.23. The van der Waals surface area contributed by atoms with Gasteiger partial charge in [-0.2, -0.15) is 0 Å². The van der Waals surface area contributed by atoms with E-state index in [0.717, 1.165) is 38.9 Å². The van der Waals surface area contributed by atoms with Gasteiger partial charge in [-0.1, -0.05) is 18.6 Å². The molecule has 1 atom stereocenters. The van der Waals surface area contributed by atoms with Crippen LogP contribution in [-0.2, 0) is 20.9 Å². The molecule has 2 rings (SSSR count). The number of rotatable bonds is 10. The number of nitrogens with one attached hydrogen (secondary N) is 1. The van der Waals surface area contributed by atoms with Crippen molar-refractivity contribution in [3.63, 3.8) is 0 Å². The Morgan fingerprint density at radius 3 is 2.64 bits per heavy atom. The van der Waals surface area contributed by atoms with Gasteiger partial charge >= 0.3 is 12.3 Å². The summed E-state index contributed by atoms with van der Waals surface area (Å²) < 4.78 is 45.7. The van der Waals surface area contributed by atoms with Crippen molar-refractivity contribution in [3.8, 4) is 5.75 Å². The fraction of sp³-hybridized carbons (Fsp3) is 0.579. The lowest BCUT2D eigenvalue weighted by atomic mass is 10.1.